The van der Waals surface area contributed by atoms with Gasteiger partial charge in [-0.05, 0) is 30.9 Å². The molecule has 4 heteroatoms. The minimum Gasteiger partial charge on any atom is -0.324 e. The minimum atomic E-state index is -0.238. The van der Waals surface area contributed by atoms with Gasteiger partial charge in [-0.15, -0.1) is 11.6 Å². The van der Waals surface area contributed by atoms with E-state index in [1.807, 2.05) is 6.07 Å². The fourth-order valence-corrected chi connectivity index (χ4v) is 3.44. The molecule has 0 N–H and O–H groups in total. The fourth-order valence-electron chi connectivity index (χ4n) is 3.27. The summed E-state index contributed by atoms with van der Waals surface area (Å²) in [6.45, 7) is 2.27. The molecule has 1 aromatic heterocycles. The van der Waals surface area contributed by atoms with Crippen molar-refractivity contribution in [2.75, 3.05) is 5.88 Å². The first kappa shape index (κ1) is 12.9. The number of aryl methyl sites for hydroxylation is 1. The van der Waals surface area contributed by atoms with Gasteiger partial charge in [0.2, 0.25) is 0 Å². The summed E-state index contributed by atoms with van der Waals surface area (Å²) < 4.78 is 16.1. The van der Waals surface area contributed by atoms with Crippen LogP contribution >= 0.6 is 11.6 Å². The lowest BCUT2D eigenvalue weighted by Crippen LogP contribution is -2.15. The van der Waals surface area contributed by atoms with E-state index >= 15 is 0 Å². The van der Waals surface area contributed by atoms with Crippen LogP contribution in [-0.2, 0) is 6.42 Å². The number of imidazole rings is 1. The number of rotatable bonds is 3. The van der Waals surface area contributed by atoms with Gasteiger partial charge in [0.25, 0.3) is 0 Å². The highest BCUT2D eigenvalue weighted by atomic mass is 35.5. The molecule has 19 heavy (non-hydrogen) atoms. The summed E-state index contributed by atoms with van der Waals surface area (Å²) in [6.07, 6.45) is 4.32. The van der Waals surface area contributed by atoms with Crippen molar-refractivity contribution in [2.45, 2.75) is 38.6 Å². The Kier molecular flexibility index (Phi) is 3.48. The molecule has 1 aromatic carbocycles. The van der Waals surface area contributed by atoms with E-state index in [-0.39, 0.29) is 5.82 Å². The van der Waals surface area contributed by atoms with Crippen molar-refractivity contribution in [1.29, 1.82) is 0 Å². The second-order valence-electron chi connectivity index (χ2n) is 5.42. The molecule has 3 rings (SSSR count). The van der Waals surface area contributed by atoms with Gasteiger partial charge in [-0.1, -0.05) is 19.4 Å². The largest absolute Gasteiger partial charge is 0.324 e. The van der Waals surface area contributed by atoms with Crippen LogP contribution in [0, 0.1) is 11.7 Å². The van der Waals surface area contributed by atoms with E-state index in [9.17, 15) is 4.39 Å². The highest BCUT2D eigenvalue weighted by Crippen LogP contribution is 2.38. The first-order chi connectivity index (χ1) is 9.22. The Morgan fingerprint density at radius 1 is 1.42 bits per heavy atom. The van der Waals surface area contributed by atoms with E-state index in [1.54, 1.807) is 6.07 Å². The average molecular weight is 281 g/mol. The van der Waals surface area contributed by atoms with Crippen LogP contribution in [-0.4, -0.2) is 15.4 Å². The Morgan fingerprint density at radius 2 is 2.26 bits per heavy atom. The van der Waals surface area contributed by atoms with Crippen LogP contribution in [0.4, 0.5) is 4.39 Å². The fraction of sp³-hybridized carbons (Fsp3) is 0.533. The zero-order chi connectivity index (χ0) is 13.4. The maximum absolute atomic E-state index is 13.9. The molecule has 0 aliphatic heterocycles. The predicted molar refractivity (Wildman–Crippen MR) is 76.2 cm³/mol. The molecule has 0 bridgehead atoms. The van der Waals surface area contributed by atoms with Gasteiger partial charge >= 0.3 is 0 Å². The quantitative estimate of drug-likeness (QED) is 0.766. The van der Waals surface area contributed by atoms with Gasteiger partial charge in [0.05, 0.1) is 5.52 Å². The van der Waals surface area contributed by atoms with Gasteiger partial charge in [-0.25, -0.2) is 9.37 Å². The Hall–Kier alpha value is -1.09. The van der Waals surface area contributed by atoms with E-state index in [4.69, 9.17) is 11.6 Å². The lowest BCUT2D eigenvalue weighted by atomic mass is 10.1. The van der Waals surface area contributed by atoms with Crippen LogP contribution in [0.5, 0.6) is 0 Å². The van der Waals surface area contributed by atoms with Crippen molar-refractivity contribution in [2.24, 2.45) is 5.92 Å². The van der Waals surface area contributed by atoms with Crippen molar-refractivity contribution in [3.63, 3.8) is 0 Å². The van der Waals surface area contributed by atoms with Crippen molar-refractivity contribution in [3.8, 4) is 0 Å². The highest BCUT2D eigenvalue weighted by molar-refractivity contribution is 6.17. The van der Waals surface area contributed by atoms with E-state index < -0.39 is 0 Å². The number of hydrogen-bond acceptors (Lipinski definition) is 1. The van der Waals surface area contributed by atoms with Crippen molar-refractivity contribution in [1.82, 2.24) is 9.55 Å². The van der Waals surface area contributed by atoms with Crippen molar-refractivity contribution < 1.29 is 4.39 Å². The van der Waals surface area contributed by atoms with Crippen LogP contribution in [0.15, 0.2) is 18.2 Å². The van der Waals surface area contributed by atoms with Gasteiger partial charge in [0, 0.05) is 18.3 Å². The number of fused-ring (bicyclic) bond motifs is 1. The Morgan fingerprint density at radius 3 is 2.95 bits per heavy atom. The van der Waals surface area contributed by atoms with Crippen molar-refractivity contribution >= 4 is 22.6 Å². The molecule has 2 atom stereocenters. The standard InChI is InChI=1S/C15H18ClFN2/c1-10-4-2-6-12(10)19-13-7-3-5-11(17)15(13)18-14(19)8-9-16/h3,5,7,10,12H,2,4,6,8-9H2,1H3. The zero-order valence-electron chi connectivity index (χ0n) is 11.1. The average Bonchev–Trinajstić information content (AvgIpc) is 2.94. The van der Waals surface area contributed by atoms with Gasteiger partial charge in [-0.2, -0.15) is 0 Å². The van der Waals surface area contributed by atoms with Gasteiger partial charge in [0.15, 0.2) is 5.82 Å². The number of hydrogen-bond donors (Lipinski definition) is 0. The first-order valence-electron chi connectivity index (χ1n) is 6.93. The number of para-hydroxylation sites is 1. The first-order valence-corrected chi connectivity index (χ1v) is 7.47. The SMILES string of the molecule is CC1CCCC1n1c(CCCl)nc2c(F)cccc21. The molecular weight excluding hydrogens is 263 g/mol. The third kappa shape index (κ3) is 2.14. The van der Waals surface area contributed by atoms with Crippen LogP contribution in [0.2, 0.25) is 0 Å². The van der Waals surface area contributed by atoms with Crippen LogP contribution in [0.25, 0.3) is 11.0 Å². The lowest BCUT2D eigenvalue weighted by molar-refractivity contribution is 0.406. The summed E-state index contributed by atoms with van der Waals surface area (Å²) in [5.41, 5.74) is 1.40. The van der Waals surface area contributed by atoms with Crippen molar-refractivity contribution in [3.05, 3.63) is 29.8 Å². The Bertz CT molecular complexity index is 593. The third-order valence-electron chi connectivity index (χ3n) is 4.21. The van der Waals surface area contributed by atoms with Gasteiger partial charge in [0.1, 0.15) is 11.3 Å². The van der Waals surface area contributed by atoms with Gasteiger partial charge < -0.3 is 4.57 Å². The molecule has 0 spiro atoms. The van der Waals surface area contributed by atoms with E-state index in [1.165, 1.54) is 18.9 Å². The minimum absolute atomic E-state index is 0.238. The molecule has 1 fully saturated rings. The van der Waals surface area contributed by atoms with Crippen LogP contribution < -0.4 is 0 Å². The molecule has 102 valence electrons. The molecule has 0 radical (unpaired) electrons. The summed E-state index contributed by atoms with van der Waals surface area (Å²) in [4.78, 5) is 4.48. The smallest absolute Gasteiger partial charge is 0.151 e. The molecule has 0 saturated heterocycles. The monoisotopic (exact) mass is 280 g/mol. The Balaban J connectivity index is 2.19. The molecule has 2 nitrogen and oxygen atoms in total. The summed E-state index contributed by atoms with van der Waals surface area (Å²) in [5, 5.41) is 0. The number of benzene rings is 1. The number of nitrogens with zero attached hydrogens (tertiary/aromatic N) is 2. The number of halogens is 2. The maximum Gasteiger partial charge on any atom is 0.151 e. The summed E-state index contributed by atoms with van der Waals surface area (Å²) in [5.74, 6) is 1.83. The molecule has 1 saturated carbocycles. The normalized spacial score (nSPS) is 23.3. The topological polar surface area (TPSA) is 17.8 Å². The molecule has 2 unspecified atom stereocenters. The molecule has 2 aromatic rings. The number of alkyl halides is 1. The molecule has 1 aliphatic rings. The van der Waals surface area contributed by atoms with Gasteiger partial charge in [-0.3, -0.25) is 0 Å². The predicted octanol–water partition coefficient (Wildman–Crippen LogP) is 4.32. The summed E-state index contributed by atoms with van der Waals surface area (Å²) >= 11 is 5.87. The van der Waals surface area contributed by atoms with E-state index in [2.05, 4.69) is 16.5 Å². The van der Waals surface area contributed by atoms with Crippen LogP contribution in [0.3, 0.4) is 0 Å². The lowest BCUT2D eigenvalue weighted by Gasteiger charge is -2.20. The summed E-state index contributed by atoms with van der Waals surface area (Å²) in [7, 11) is 0. The zero-order valence-corrected chi connectivity index (χ0v) is 11.8. The second-order valence-corrected chi connectivity index (χ2v) is 5.80. The molecule has 0 amide bonds. The second kappa shape index (κ2) is 5.12. The maximum atomic E-state index is 13.9. The highest BCUT2D eigenvalue weighted by Gasteiger charge is 2.28. The van der Waals surface area contributed by atoms with E-state index in [0.29, 0.717) is 29.8 Å². The summed E-state index contributed by atoms with van der Waals surface area (Å²) in [6, 6.07) is 5.64. The molecule has 1 heterocycles. The Labute approximate surface area is 117 Å². The number of aromatic nitrogens is 2. The molecular formula is C15H18ClFN2. The molecule has 1 aliphatic carbocycles. The van der Waals surface area contributed by atoms with Crippen LogP contribution in [0.1, 0.15) is 38.1 Å². The third-order valence-corrected chi connectivity index (χ3v) is 4.40. The van der Waals surface area contributed by atoms with E-state index in [0.717, 1.165) is 17.8 Å².